The fourth-order valence-corrected chi connectivity index (χ4v) is 7.12. The Bertz CT molecular complexity index is 855. The Morgan fingerprint density at radius 2 is 1.53 bits per heavy atom. The van der Waals surface area contributed by atoms with Crippen molar-refractivity contribution in [3.8, 4) is 0 Å². The van der Waals surface area contributed by atoms with E-state index in [1.807, 2.05) is 17.0 Å². The molecule has 4 bridgehead atoms. The number of benzene rings is 1. The van der Waals surface area contributed by atoms with Gasteiger partial charge in [0.25, 0.3) is 5.91 Å². The van der Waals surface area contributed by atoms with E-state index in [2.05, 4.69) is 10.6 Å². The Balaban J connectivity index is 1.14. The number of carbonyl (C=O) groups is 3. The van der Waals surface area contributed by atoms with Crippen molar-refractivity contribution < 1.29 is 14.4 Å². The molecule has 1 saturated heterocycles. The number of hydrogen-bond donors (Lipinski definition) is 2. The van der Waals surface area contributed by atoms with Gasteiger partial charge in [-0.3, -0.25) is 14.4 Å². The summed E-state index contributed by atoms with van der Waals surface area (Å²) in [6.07, 6.45) is 10.5. The van der Waals surface area contributed by atoms with Crippen LogP contribution < -0.4 is 10.6 Å². The Labute approximate surface area is 190 Å². The van der Waals surface area contributed by atoms with Crippen molar-refractivity contribution in [2.45, 2.75) is 64.2 Å². The highest BCUT2D eigenvalue weighted by Gasteiger charge is 2.54. The summed E-state index contributed by atoms with van der Waals surface area (Å²) < 4.78 is 0. The number of para-hydroxylation sites is 1. The van der Waals surface area contributed by atoms with Crippen LogP contribution in [0.2, 0.25) is 0 Å². The third-order valence-corrected chi connectivity index (χ3v) is 8.23. The second kappa shape index (κ2) is 8.87. The average Bonchev–Trinajstić information content (AvgIpc) is 2.78. The molecule has 1 aliphatic heterocycles. The molecule has 6 nitrogen and oxygen atoms in total. The van der Waals surface area contributed by atoms with Gasteiger partial charge in [0.2, 0.25) is 11.8 Å². The molecule has 0 radical (unpaired) electrons. The molecule has 0 spiro atoms. The van der Waals surface area contributed by atoms with Crippen molar-refractivity contribution in [1.29, 1.82) is 0 Å². The van der Waals surface area contributed by atoms with E-state index in [1.165, 1.54) is 19.3 Å². The van der Waals surface area contributed by atoms with E-state index in [4.69, 9.17) is 0 Å². The molecule has 1 heterocycles. The van der Waals surface area contributed by atoms with E-state index in [-0.39, 0.29) is 29.6 Å². The maximum Gasteiger partial charge on any atom is 0.255 e. The zero-order valence-corrected chi connectivity index (χ0v) is 18.9. The fraction of sp³-hybridized carbons (Fsp3) is 0.654. The number of amides is 3. The molecule has 0 aromatic heterocycles. The third kappa shape index (κ3) is 4.28. The molecule has 1 aromatic carbocycles. The van der Waals surface area contributed by atoms with Crippen molar-refractivity contribution in [2.75, 3.05) is 25.0 Å². The highest BCUT2D eigenvalue weighted by atomic mass is 16.2. The van der Waals surface area contributed by atoms with Gasteiger partial charge in [-0.05, 0) is 87.7 Å². The van der Waals surface area contributed by atoms with Gasteiger partial charge in [-0.1, -0.05) is 12.1 Å². The number of anilines is 1. The summed E-state index contributed by atoms with van der Waals surface area (Å²) in [5.74, 6) is 2.15. The predicted molar refractivity (Wildman–Crippen MR) is 123 cm³/mol. The summed E-state index contributed by atoms with van der Waals surface area (Å²) in [6, 6.07) is 7.22. The number of nitrogens with one attached hydrogen (secondary N) is 2. The number of piperidine rings is 1. The molecule has 1 aromatic rings. The second-order valence-electron chi connectivity index (χ2n) is 10.7. The summed E-state index contributed by atoms with van der Waals surface area (Å²) in [5, 5.41) is 5.97. The molecule has 0 unspecified atom stereocenters. The lowest BCUT2D eigenvalue weighted by Gasteiger charge is -2.55. The minimum absolute atomic E-state index is 0.0179. The van der Waals surface area contributed by atoms with Gasteiger partial charge < -0.3 is 15.5 Å². The first kappa shape index (κ1) is 21.5. The number of carbonyl (C=O) groups excluding carboxylic acids is 3. The van der Waals surface area contributed by atoms with Gasteiger partial charge in [0.1, 0.15) is 0 Å². The van der Waals surface area contributed by atoms with Gasteiger partial charge in [-0.25, -0.2) is 0 Å². The topological polar surface area (TPSA) is 78.5 Å². The van der Waals surface area contributed by atoms with Gasteiger partial charge in [0.05, 0.1) is 11.3 Å². The largest absolute Gasteiger partial charge is 0.355 e. The van der Waals surface area contributed by atoms with Crippen molar-refractivity contribution >= 4 is 23.4 Å². The Kier molecular flexibility index (Phi) is 5.95. The minimum Gasteiger partial charge on any atom is -0.355 e. The van der Waals surface area contributed by atoms with Crippen LogP contribution in [0, 0.1) is 23.2 Å². The third-order valence-electron chi connectivity index (χ3n) is 8.23. The summed E-state index contributed by atoms with van der Waals surface area (Å²) >= 11 is 0. The van der Waals surface area contributed by atoms with Crippen LogP contribution in [0.3, 0.4) is 0 Å². The van der Waals surface area contributed by atoms with Crippen LogP contribution in [-0.2, 0) is 9.59 Å². The molecular weight excluding hydrogens is 402 g/mol. The van der Waals surface area contributed by atoms with Gasteiger partial charge in [0, 0.05) is 31.5 Å². The first-order chi connectivity index (χ1) is 15.5. The molecule has 2 N–H and O–H groups in total. The van der Waals surface area contributed by atoms with Crippen molar-refractivity contribution in [2.24, 2.45) is 23.2 Å². The highest BCUT2D eigenvalue weighted by Crippen LogP contribution is 2.60. The van der Waals surface area contributed by atoms with Crippen molar-refractivity contribution in [3.05, 3.63) is 29.8 Å². The summed E-state index contributed by atoms with van der Waals surface area (Å²) in [5.41, 5.74) is 0.916. The van der Waals surface area contributed by atoms with Gasteiger partial charge in [-0.15, -0.1) is 0 Å². The second-order valence-corrected chi connectivity index (χ2v) is 10.7. The van der Waals surface area contributed by atoms with E-state index in [9.17, 15) is 14.4 Å². The molecule has 6 rings (SSSR count). The zero-order valence-electron chi connectivity index (χ0n) is 18.9. The van der Waals surface area contributed by atoms with Gasteiger partial charge in [0.15, 0.2) is 0 Å². The number of nitrogens with zero attached hydrogens (tertiary/aromatic N) is 1. The Hall–Kier alpha value is -2.37. The zero-order chi connectivity index (χ0) is 22.1. The quantitative estimate of drug-likeness (QED) is 0.707. The van der Waals surface area contributed by atoms with E-state index in [1.54, 1.807) is 12.1 Å². The molecule has 172 valence electrons. The molecular formula is C26H35N3O3. The van der Waals surface area contributed by atoms with Crippen LogP contribution >= 0.6 is 0 Å². The molecule has 3 amide bonds. The Morgan fingerprint density at radius 1 is 0.906 bits per heavy atom. The average molecular weight is 438 g/mol. The van der Waals surface area contributed by atoms with Crippen LogP contribution in [0.25, 0.3) is 0 Å². The van der Waals surface area contributed by atoms with Crippen LogP contribution in [0.15, 0.2) is 24.3 Å². The smallest absolute Gasteiger partial charge is 0.255 e. The first-order valence-corrected chi connectivity index (χ1v) is 12.5. The highest BCUT2D eigenvalue weighted by molar-refractivity contribution is 6.03. The molecule has 4 saturated carbocycles. The lowest BCUT2D eigenvalue weighted by molar-refractivity contribution is -0.146. The molecule has 5 fully saturated rings. The van der Waals surface area contributed by atoms with Crippen LogP contribution in [0.4, 0.5) is 5.69 Å². The molecule has 6 heteroatoms. The molecule has 0 atom stereocenters. The molecule has 32 heavy (non-hydrogen) atoms. The van der Waals surface area contributed by atoms with Crippen molar-refractivity contribution in [3.63, 3.8) is 0 Å². The fourth-order valence-electron chi connectivity index (χ4n) is 7.12. The molecule has 5 aliphatic rings. The SMILES string of the molecule is O=C(CCNC(=O)C12CC3CC(CC(C3)C1)C2)Nc1ccccc1C(=O)N1CCCCC1. The number of likely N-dealkylation sites (tertiary alicyclic amines) is 1. The molecule has 4 aliphatic carbocycles. The van der Waals surface area contributed by atoms with Crippen molar-refractivity contribution in [1.82, 2.24) is 10.2 Å². The van der Waals surface area contributed by atoms with Crippen LogP contribution in [0.5, 0.6) is 0 Å². The number of hydrogen-bond acceptors (Lipinski definition) is 3. The van der Waals surface area contributed by atoms with E-state index < -0.39 is 0 Å². The standard InChI is InChI=1S/C26H35N3O3/c30-23(28-22-7-3-2-6-21(22)24(31)29-10-4-1-5-11-29)8-9-27-25(32)26-15-18-12-19(16-26)14-20(13-18)17-26/h2-3,6-7,18-20H,1,4-5,8-17H2,(H,27,32)(H,28,30). The predicted octanol–water partition coefficient (Wildman–Crippen LogP) is 3.97. The summed E-state index contributed by atoms with van der Waals surface area (Å²) in [7, 11) is 0. The monoisotopic (exact) mass is 437 g/mol. The maximum atomic E-state index is 13.1. The van der Waals surface area contributed by atoms with Crippen LogP contribution in [0.1, 0.15) is 74.6 Å². The normalized spacial score (nSPS) is 30.8. The van der Waals surface area contributed by atoms with E-state index in [0.29, 0.717) is 17.8 Å². The Morgan fingerprint density at radius 3 is 2.19 bits per heavy atom. The number of rotatable bonds is 6. The van der Waals surface area contributed by atoms with Gasteiger partial charge in [-0.2, -0.15) is 0 Å². The lowest BCUT2D eigenvalue weighted by Crippen LogP contribution is -2.53. The van der Waals surface area contributed by atoms with E-state index in [0.717, 1.165) is 69.4 Å². The lowest BCUT2D eigenvalue weighted by atomic mass is 9.49. The van der Waals surface area contributed by atoms with Gasteiger partial charge >= 0.3 is 0 Å². The maximum absolute atomic E-state index is 13.1. The van der Waals surface area contributed by atoms with Crippen LogP contribution in [-0.4, -0.2) is 42.3 Å². The minimum atomic E-state index is -0.182. The van der Waals surface area contributed by atoms with E-state index >= 15 is 0 Å². The summed E-state index contributed by atoms with van der Waals surface area (Å²) in [6.45, 7) is 1.89. The first-order valence-electron chi connectivity index (χ1n) is 12.5. The summed E-state index contributed by atoms with van der Waals surface area (Å²) in [4.78, 5) is 40.5.